The van der Waals surface area contributed by atoms with Gasteiger partial charge in [0.05, 0.1) is 19.4 Å². The quantitative estimate of drug-likeness (QED) is 0.431. The van der Waals surface area contributed by atoms with E-state index in [9.17, 15) is 0 Å². The van der Waals surface area contributed by atoms with Crippen molar-refractivity contribution in [3.05, 3.63) is 42.4 Å². The van der Waals surface area contributed by atoms with Crippen molar-refractivity contribution >= 4 is 29.9 Å². The lowest BCUT2D eigenvalue weighted by atomic mass is 10.2. The SMILES string of the molecule is CN=C(NCc1ccco1)NCc1nccn1CC(C)C.I. The molecule has 7 heteroatoms. The Morgan fingerprint density at radius 1 is 1.36 bits per heavy atom. The Morgan fingerprint density at radius 3 is 2.77 bits per heavy atom. The standard InChI is InChI=1S/C15H23N5O.HI/c1-12(2)11-20-7-6-17-14(20)10-19-15(16-3)18-9-13-5-4-8-21-13;/h4-8,12H,9-11H2,1-3H3,(H2,16,18,19);1H. The first-order chi connectivity index (χ1) is 10.2. The van der Waals surface area contributed by atoms with Crippen molar-refractivity contribution in [1.29, 1.82) is 0 Å². The number of halogens is 1. The van der Waals surface area contributed by atoms with Gasteiger partial charge in [-0.2, -0.15) is 0 Å². The van der Waals surface area contributed by atoms with Gasteiger partial charge in [-0.3, -0.25) is 4.99 Å². The highest BCUT2D eigenvalue weighted by Gasteiger charge is 2.06. The number of rotatable bonds is 6. The van der Waals surface area contributed by atoms with Crippen molar-refractivity contribution in [3.63, 3.8) is 0 Å². The van der Waals surface area contributed by atoms with E-state index in [2.05, 4.69) is 39.0 Å². The minimum absolute atomic E-state index is 0. The van der Waals surface area contributed by atoms with Crippen LogP contribution in [0, 0.1) is 5.92 Å². The van der Waals surface area contributed by atoms with Crippen molar-refractivity contribution in [2.75, 3.05) is 7.05 Å². The maximum absolute atomic E-state index is 5.28. The van der Waals surface area contributed by atoms with Crippen molar-refractivity contribution in [1.82, 2.24) is 20.2 Å². The van der Waals surface area contributed by atoms with Crippen LogP contribution in [0.15, 0.2) is 40.2 Å². The van der Waals surface area contributed by atoms with Gasteiger partial charge in [0.15, 0.2) is 5.96 Å². The molecule has 2 N–H and O–H groups in total. The fourth-order valence-electron chi connectivity index (χ4n) is 2.03. The highest BCUT2D eigenvalue weighted by atomic mass is 127. The lowest BCUT2D eigenvalue weighted by Gasteiger charge is -2.13. The van der Waals surface area contributed by atoms with Crippen LogP contribution in [0.3, 0.4) is 0 Å². The van der Waals surface area contributed by atoms with Crippen molar-refractivity contribution in [2.45, 2.75) is 33.5 Å². The van der Waals surface area contributed by atoms with Crippen LogP contribution in [0.1, 0.15) is 25.4 Å². The van der Waals surface area contributed by atoms with E-state index in [1.54, 1.807) is 13.3 Å². The lowest BCUT2D eigenvalue weighted by Crippen LogP contribution is -2.37. The predicted molar refractivity (Wildman–Crippen MR) is 98.2 cm³/mol. The van der Waals surface area contributed by atoms with E-state index in [4.69, 9.17) is 4.42 Å². The molecule has 2 heterocycles. The normalized spacial score (nSPS) is 11.4. The van der Waals surface area contributed by atoms with Crippen LogP contribution < -0.4 is 10.6 Å². The Morgan fingerprint density at radius 2 is 2.14 bits per heavy atom. The summed E-state index contributed by atoms with van der Waals surface area (Å²) in [5.74, 6) is 3.20. The van der Waals surface area contributed by atoms with Gasteiger partial charge in [-0.05, 0) is 18.1 Å². The molecule has 0 aliphatic heterocycles. The second-order valence-electron chi connectivity index (χ2n) is 5.25. The third-order valence-electron chi connectivity index (χ3n) is 3.01. The van der Waals surface area contributed by atoms with Gasteiger partial charge in [-0.15, -0.1) is 24.0 Å². The van der Waals surface area contributed by atoms with Crippen LogP contribution in [0.25, 0.3) is 0 Å². The maximum Gasteiger partial charge on any atom is 0.191 e. The minimum Gasteiger partial charge on any atom is -0.467 e. The Hall–Kier alpha value is -1.51. The largest absolute Gasteiger partial charge is 0.467 e. The number of hydrogen-bond acceptors (Lipinski definition) is 3. The third-order valence-corrected chi connectivity index (χ3v) is 3.01. The Labute approximate surface area is 148 Å². The molecule has 0 radical (unpaired) electrons. The highest BCUT2D eigenvalue weighted by Crippen LogP contribution is 2.03. The first kappa shape index (κ1) is 18.5. The number of hydrogen-bond donors (Lipinski definition) is 2. The van der Waals surface area contributed by atoms with Gasteiger partial charge in [-0.1, -0.05) is 13.8 Å². The molecule has 0 aliphatic rings. The number of imidazole rings is 1. The summed E-state index contributed by atoms with van der Waals surface area (Å²) < 4.78 is 7.44. The van der Waals surface area contributed by atoms with Gasteiger partial charge >= 0.3 is 0 Å². The predicted octanol–water partition coefficient (Wildman–Crippen LogP) is 2.62. The smallest absolute Gasteiger partial charge is 0.191 e. The van der Waals surface area contributed by atoms with Crippen LogP contribution in [0.5, 0.6) is 0 Å². The summed E-state index contributed by atoms with van der Waals surface area (Å²) in [6.45, 7) is 6.60. The first-order valence-electron chi connectivity index (χ1n) is 7.16. The number of furan rings is 1. The molecular weight excluding hydrogens is 393 g/mol. The molecule has 0 saturated heterocycles. The average molecular weight is 417 g/mol. The van der Waals surface area contributed by atoms with Gasteiger partial charge in [-0.25, -0.2) is 4.98 Å². The Kier molecular flexibility index (Phi) is 8.00. The summed E-state index contributed by atoms with van der Waals surface area (Å²) in [5.41, 5.74) is 0. The molecule has 6 nitrogen and oxygen atoms in total. The summed E-state index contributed by atoms with van der Waals surface area (Å²) in [5, 5.41) is 6.46. The molecule has 0 aromatic carbocycles. The maximum atomic E-state index is 5.28. The number of aliphatic imine (C=N–C) groups is 1. The molecule has 122 valence electrons. The molecule has 0 atom stereocenters. The van der Waals surface area contributed by atoms with Gasteiger partial charge in [0.1, 0.15) is 11.6 Å². The van der Waals surface area contributed by atoms with Crippen LogP contribution >= 0.6 is 24.0 Å². The summed E-state index contributed by atoms with van der Waals surface area (Å²) >= 11 is 0. The van der Waals surface area contributed by atoms with E-state index in [1.807, 2.05) is 24.5 Å². The van der Waals surface area contributed by atoms with Crippen LogP contribution in [0.2, 0.25) is 0 Å². The third kappa shape index (κ3) is 5.70. The number of nitrogens with one attached hydrogen (secondary N) is 2. The molecule has 0 aliphatic carbocycles. The summed E-state index contributed by atoms with van der Waals surface area (Å²) in [7, 11) is 1.75. The molecule has 0 bridgehead atoms. The van der Waals surface area contributed by atoms with Crippen molar-refractivity contribution in [3.8, 4) is 0 Å². The van der Waals surface area contributed by atoms with E-state index in [0.29, 0.717) is 19.0 Å². The molecule has 2 aromatic rings. The molecule has 22 heavy (non-hydrogen) atoms. The highest BCUT2D eigenvalue weighted by molar-refractivity contribution is 14.0. The van der Waals surface area contributed by atoms with Gasteiger partial charge in [0.25, 0.3) is 0 Å². The summed E-state index contributed by atoms with van der Waals surface area (Å²) in [6, 6.07) is 3.80. The molecule has 0 unspecified atom stereocenters. The topological polar surface area (TPSA) is 67.4 Å². The molecular formula is C15H24IN5O. The Bertz CT molecular complexity index is 562. The van der Waals surface area contributed by atoms with E-state index >= 15 is 0 Å². The van der Waals surface area contributed by atoms with Crippen molar-refractivity contribution in [2.24, 2.45) is 10.9 Å². The lowest BCUT2D eigenvalue weighted by molar-refractivity contribution is 0.497. The number of nitrogens with zero attached hydrogens (tertiary/aromatic N) is 3. The van der Waals surface area contributed by atoms with Crippen LogP contribution in [-0.4, -0.2) is 22.6 Å². The summed E-state index contributed by atoms with van der Waals surface area (Å²) in [6.07, 6.45) is 5.50. The van der Waals surface area contributed by atoms with E-state index in [-0.39, 0.29) is 24.0 Å². The zero-order valence-electron chi connectivity index (χ0n) is 13.2. The molecule has 0 amide bonds. The Balaban J connectivity index is 0.00000242. The van der Waals surface area contributed by atoms with E-state index in [0.717, 1.165) is 24.1 Å². The van der Waals surface area contributed by atoms with E-state index < -0.39 is 0 Å². The van der Waals surface area contributed by atoms with Gasteiger partial charge < -0.3 is 19.6 Å². The van der Waals surface area contributed by atoms with Crippen molar-refractivity contribution < 1.29 is 4.42 Å². The molecule has 2 aromatic heterocycles. The second kappa shape index (κ2) is 9.50. The molecule has 0 fully saturated rings. The van der Waals surface area contributed by atoms with Gasteiger partial charge in [0.2, 0.25) is 0 Å². The monoisotopic (exact) mass is 417 g/mol. The minimum atomic E-state index is 0. The van der Waals surface area contributed by atoms with Gasteiger partial charge in [0, 0.05) is 26.0 Å². The first-order valence-corrected chi connectivity index (χ1v) is 7.16. The summed E-state index contributed by atoms with van der Waals surface area (Å²) in [4.78, 5) is 8.58. The van der Waals surface area contributed by atoms with Crippen LogP contribution in [0.4, 0.5) is 0 Å². The fraction of sp³-hybridized carbons (Fsp3) is 0.467. The zero-order valence-corrected chi connectivity index (χ0v) is 15.6. The number of guanidine groups is 1. The zero-order chi connectivity index (χ0) is 15.1. The molecule has 2 rings (SSSR count). The van der Waals surface area contributed by atoms with E-state index in [1.165, 1.54) is 0 Å². The molecule has 0 spiro atoms. The number of aromatic nitrogens is 2. The fourth-order valence-corrected chi connectivity index (χ4v) is 2.03. The average Bonchev–Trinajstić information content (AvgIpc) is 3.10. The molecule has 0 saturated carbocycles. The van der Waals surface area contributed by atoms with Crippen LogP contribution in [-0.2, 0) is 19.6 Å². The second-order valence-corrected chi connectivity index (χ2v) is 5.25.